The molecular formula is C20H23FN6O. The first-order valence-corrected chi connectivity index (χ1v) is 9.69. The topological polar surface area (TPSA) is 89.4 Å². The van der Waals surface area contributed by atoms with Crippen LogP contribution in [0.25, 0.3) is 16.9 Å². The van der Waals surface area contributed by atoms with Gasteiger partial charge in [-0.1, -0.05) is 12.8 Å². The first-order chi connectivity index (χ1) is 13.5. The van der Waals surface area contributed by atoms with Gasteiger partial charge >= 0.3 is 0 Å². The average Bonchev–Trinajstić information content (AvgIpc) is 3.36. The van der Waals surface area contributed by atoms with E-state index in [0.717, 1.165) is 36.9 Å². The molecule has 1 aliphatic heterocycles. The van der Waals surface area contributed by atoms with Crippen molar-refractivity contribution >= 4 is 17.4 Å². The van der Waals surface area contributed by atoms with Crippen molar-refractivity contribution in [2.75, 3.05) is 5.32 Å². The summed E-state index contributed by atoms with van der Waals surface area (Å²) in [5.41, 5.74) is 9.19. The van der Waals surface area contributed by atoms with Gasteiger partial charge in [0.1, 0.15) is 5.65 Å². The van der Waals surface area contributed by atoms with Gasteiger partial charge in [-0.15, -0.1) is 0 Å². The molecular weight excluding hydrogens is 359 g/mol. The Morgan fingerprint density at radius 1 is 1.32 bits per heavy atom. The van der Waals surface area contributed by atoms with Crippen LogP contribution in [0.1, 0.15) is 41.6 Å². The fourth-order valence-electron chi connectivity index (χ4n) is 4.35. The first-order valence-electron chi connectivity index (χ1n) is 9.69. The van der Waals surface area contributed by atoms with Gasteiger partial charge in [-0.2, -0.15) is 0 Å². The fourth-order valence-corrected chi connectivity index (χ4v) is 4.35. The van der Waals surface area contributed by atoms with E-state index >= 15 is 4.39 Å². The monoisotopic (exact) mass is 382 g/mol. The Morgan fingerprint density at radius 2 is 2.14 bits per heavy atom. The highest BCUT2D eigenvalue weighted by Crippen LogP contribution is 2.34. The van der Waals surface area contributed by atoms with E-state index in [1.165, 1.54) is 0 Å². The van der Waals surface area contributed by atoms with Crippen molar-refractivity contribution in [1.82, 2.24) is 19.3 Å². The van der Waals surface area contributed by atoms with Crippen molar-refractivity contribution in [3.8, 4) is 11.3 Å². The molecule has 28 heavy (non-hydrogen) atoms. The number of aromatic nitrogens is 3. The number of carbonyl (C=O) groups is 1. The number of aryl methyl sites for hydroxylation is 1. The van der Waals surface area contributed by atoms with Crippen LogP contribution in [0.2, 0.25) is 0 Å². The quantitative estimate of drug-likeness (QED) is 0.649. The van der Waals surface area contributed by atoms with Gasteiger partial charge in [0.2, 0.25) is 0 Å². The summed E-state index contributed by atoms with van der Waals surface area (Å²) >= 11 is 0. The second-order valence-corrected chi connectivity index (χ2v) is 7.76. The van der Waals surface area contributed by atoms with Crippen LogP contribution in [0.4, 0.5) is 10.2 Å². The summed E-state index contributed by atoms with van der Waals surface area (Å²) in [5, 5.41) is 5.96. The molecule has 0 radical (unpaired) electrons. The number of nitrogens with two attached hydrogens (primary N) is 1. The zero-order valence-electron chi connectivity index (χ0n) is 15.7. The van der Waals surface area contributed by atoms with Crippen LogP contribution in [0, 0.1) is 5.82 Å². The number of nitrogens with zero attached hydrogens (tertiary/aromatic N) is 3. The summed E-state index contributed by atoms with van der Waals surface area (Å²) in [6.07, 6.45) is 9.77. The van der Waals surface area contributed by atoms with E-state index in [9.17, 15) is 4.79 Å². The smallest absolute Gasteiger partial charge is 0.254 e. The van der Waals surface area contributed by atoms with Crippen LogP contribution < -0.4 is 16.4 Å². The highest BCUT2D eigenvalue weighted by molar-refractivity contribution is 6.04. The lowest BCUT2D eigenvalue weighted by Gasteiger charge is -2.30. The van der Waals surface area contributed by atoms with Gasteiger partial charge in [0, 0.05) is 55.4 Å². The Balaban J connectivity index is 1.63. The van der Waals surface area contributed by atoms with Gasteiger partial charge in [0.15, 0.2) is 11.6 Å². The average molecular weight is 382 g/mol. The SMILES string of the molecule is Cn1ccn2cc(-c3nc(N[C@@H]4CCCC[C@@H]4N)c(F)c4c3C(=O)NC4)cc12. The highest BCUT2D eigenvalue weighted by atomic mass is 19.1. The summed E-state index contributed by atoms with van der Waals surface area (Å²) in [6.45, 7) is 0.175. The predicted molar refractivity (Wildman–Crippen MR) is 105 cm³/mol. The van der Waals surface area contributed by atoms with Crippen LogP contribution in [0.3, 0.4) is 0 Å². The number of hydrogen-bond acceptors (Lipinski definition) is 4. The summed E-state index contributed by atoms with van der Waals surface area (Å²) in [6, 6.07) is 1.92. The van der Waals surface area contributed by atoms with Crippen molar-refractivity contribution in [3.05, 3.63) is 41.6 Å². The van der Waals surface area contributed by atoms with Crippen molar-refractivity contribution in [1.29, 1.82) is 0 Å². The lowest BCUT2D eigenvalue weighted by molar-refractivity contribution is 0.0966. The lowest BCUT2D eigenvalue weighted by atomic mass is 9.91. The zero-order valence-corrected chi connectivity index (χ0v) is 15.7. The molecule has 1 aliphatic carbocycles. The molecule has 7 nitrogen and oxygen atoms in total. The van der Waals surface area contributed by atoms with E-state index in [1.807, 2.05) is 40.7 Å². The first kappa shape index (κ1) is 17.2. The number of carbonyl (C=O) groups excluding carboxylic acids is 1. The van der Waals surface area contributed by atoms with E-state index in [4.69, 9.17) is 5.73 Å². The molecule has 1 amide bonds. The van der Waals surface area contributed by atoms with Gasteiger partial charge in [-0.05, 0) is 18.9 Å². The Hall–Kier alpha value is -2.87. The van der Waals surface area contributed by atoms with Crippen LogP contribution in [-0.4, -0.2) is 31.9 Å². The maximum absolute atomic E-state index is 15.2. The van der Waals surface area contributed by atoms with Gasteiger partial charge in [0.25, 0.3) is 5.91 Å². The third-order valence-corrected chi connectivity index (χ3v) is 5.94. The molecule has 0 saturated heterocycles. The second kappa shape index (κ2) is 6.34. The molecule has 0 bridgehead atoms. The van der Waals surface area contributed by atoms with Crippen molar-refractivity contribution in [2.45, 2.75) is 44.3 Å². The fraction of sp³-hybridized carbons (Fsp3) is 0.400. The molecule has 2 aliphatic rings. The number of fused-ring (bicyclic) bond motifs is 2. The van der Waals surface area contributed by atoms with Crippen LogP contribution in [-0.2, 0) is 13.6 Å². The van der Waals surface area contributed by atoms with Crippen molar-refractivity contribution in [2.24, 2.45) is 12.8 Å². The highest BCUT2D eigenvalue weighted by Gasteiger charge is 2.32. The van der Waals surface area contributed by atoms with E-state index in [1.54, 1.807) is 0 Å². The number of rotatable bonds is 3. The Bertz CT molecular complexity index is 1080. The van der Waals surface area contributed by atoms with Crippen LogP contribution in [0.15, 0.2) is 24.7 Å². The molecule has 1 fully saturated rings. The summed E-state index contributed by atoms with van der Waals surface area (Å²) in [4.78, 5) is 17.0. The van der Waals surface area contributed by atoms with Gasteiger partial charge in [-0.25, -0.2) is 9.37 Å². The summed E-state index contributed by atoms with van der Waals surface area (Å²) in [5.74, 6) is -0.561. The van der Waals surface area contributed by atoms with E-state index in [2.05, 4.69) is 15.6 Å². The molecule has 2 atom stereocenters. The second-order valence-electron chi connectivity index (χ2n) is 7.76. The summed E-state index contributed by atoms with van der Waals surface area (Å²) in [7, 11) is 1.95. The molecule has 146 valence electrons. The van der Waals surface area contributed by atoms with Gasteiger partial charge in [0.05, 0.1) is 11.3 Å². The number of imidazole rings is 1. The third kappa shape index (κ3) is 2.59. The molecule has 5 rings (SSSR count). The number of pyridine rings is 1. The summed E-state index contributed by atoms with van der Waals surface area (Å²) < 4.78 is 19.1. The maximum atomic E-state index is 15.2. The largest absolute Gasteiger partial charge is 0.363 e. The van der Waals surface area contributed by atoms with E-state index in [0.29, 0.717) is 16.8 Å². The third-order valence-electron chi connectivity index (χ3n) is 5.94. The number of amides is 1. The van der Waals surface area contributed by atoms with Crippen LogP contribution in [0.5, 0.6) is 0 Å². The minimum Gasteiger partial charge on any atom is -0.363 e. The molecule has 3 aromatic rings. The van der Waals surface area contributed by atoms with Gasteiger partial charge < -0.3 is 25.3 Å². The minimum absolute atomic E-state index is 0.0141. The number of nitrogens with one attached hydrogen (secondary N) is 2. The zero-order chi connectivity index (χ0) is 19.4. The minimum atomic E-state index is -0.460. The number of halogens is 1. The van der Waals surface area contributed by atoms with E-state index < -0.39 is 5.82 Å². The molecule has 8 heteroatoms. The van der Waals surface area contributed by atoms with Crippen molar-refractivity contribution in [3.63, 3.8) is 0 Å². The lowest BCUT2D eigenvalue weighted by Crippen LogP contribution is -2.43. The molecule has 1 saturated carbocycles. The molecule has 0 aromatic carbocycles. The molecule has 4 N–H and O–H groups in total. The molecule has 4 heterocycles. The molecule has 3 aromatic heterocycles. The van der Waals surface area contributed by atoms with E-state index in [-0.39, 0.29) is 30.4 Å². The molecule has 0 spiro atoms. The van der Waals surface area contributed by atoms with Gasteiger partial charge in [-0.3, -0.25) is 4.79 Å². The standard InChI is InChI=1S/C20H23FN6O/c1-26-6-7-27-10-11(8-15(26)27)18-16-12(9-23-20(16)28)17(21)19(25-18)24-14-5-3-2-4-13(14)22/h6-8,10,13-14H,2-5,9,22H2,1H3,(H,23,28)(H,24,25)/t13-,14+/m0/s1. The van der Waals surface area contributed by atoms with Crippen LogP contribution >= 0.6 is 0 Å². The molecule has 0 unspecified atom stereocenters. The number of hydrogen-bond donors (Lipinski definition) is 3. The van der Waals surface area contributed by atoms with Crippen molar-refractivity contribution < 1.29 is 9.18 Å². The Morgan fingerprint density at radius 3 is 2.93 bits per heavy atom. The Labute approximate surface area is 161 Å². The Kier molecular flexibility index (Phi) is 3.90. The predicted octanol–water partition coefficient (Wildman–Crippen LogP) is 2.40. The number of anilines is 1. The maximum Gasteiger partial charge on any atom is 0.254 e. The normalized spacial score (nSPS) is 21.8.